The van der Waals surface area contributed by atoms with Crippen LogP contribution in [0.3, 0.4) is 0 Å². The largest absolute Gasteiger partial charge is 0.268 e. The molecule has 0 aliphatic rings. The molecule has 0 N–H and O–H groups in total. The van der Waals surface area contributed by atoms with Crippen molar-refractivity contribution in [1.29, 1.82) is 5.26 Å². The van der Waals surface area contributed by atoms with Crippen molar-refractivity contribution in [2.75, 3.05) is 0 Å². The average Bonchev–Trinajstić information content (AvgIpc) is 2.82. The van der Waals surface area contributed by atoms with Crippen LogP contribution in [0.25, 0.3) is 10.2 Å². The van der Waals surface area contributed by atoms with Crippen LogP contribution in [0.4, 0.5) is 0 Å². The molecule has 3 nitrogen and oxygen atoms in total. The van der Waals surface area contributed by atoms with E-state index in [-0.39, 0.29) is 5.91 Å². The van der Waals surface area contributed by atoms with Gasteiger partial charge >= 0.3 is 0 Å². The van der Waals surface area contributed by atoms with Crippen LogP contribution in [-0.2, 0) is 0 Å². The zero-order valence-electron chi connectivity index (χ0n) is 10.2. The lowest BCUT2D eigenvalue weighted by atomic mass is 10.1. The summed E-state index contributed by atoms with van der Waals surface area (Å²) in [5, 5.41) is 8.78. The monoisotopic (exact) mass is 296 g/mol. The van der Waals surface area contributed by atoms with E-state index in [0.29, 0.717) is 15.1 Å². The number of para-hydroxylation sites is 1. The van der Waals surface area contributed by atoms with Gasteiger partial charge in [0, 0.05) is 5.56 Å². The molecule has 0 amide bonds. The molecule has 0 unspecified atom stereocenters. The van der Waals surface area contributed by atoms with Crippen LogP contribution in [0.15, 0.2) is 48.5 Å². The van der Waals surface area contributed by atoms with E-state index in [0.717, 1.165) is 10.2 Å². The van der Waals surface area contributed by atoms with Gasteiger partial charge in [-0.15, -0.1) is 11.3 Å². The van der Waals surface area contributed by atoms with Crippen molar-refractivity contribution in [3.63, 3.8) is 0 Å². The summed E-state index contributed by atoms with van der Waals surface area (Å²) in [7, 11) is 0. The van der Waals surface area contributed by atoms with Crippen LogP contribution >= 0.6 is 23.6 Å². The van der Waals surface area contributed by atoms with Gasteiger partial charge in [0.1, 0.15) is 0 Å². The SMILES string of the molecule is N#Cc1ccc(C(=O)n2c(=S)sc3ccccc32)cc1. The zero-order valence-corrected chi connectivity index (χ0v) is 11.9. The predicted octanol–water partition coefficient (Wildman–Crippen LogP) is 3.99. The summed E-state index contributed by atoms with van der Waals surface area (Å²) in [5.41, 5.74) is 1.86. The van der Waals surface area contributed by atoms with Crippen molar-refractivity contribution in [2.45, 2.75) is 0 Å². The number of nitrogens with zero attached hydrogens (tertiary/aromatic N) is 2. The van der Waals surface area contributed by atoms with Gasteiger partial charge < -0.3 is 0 Å². The number of hydrogen-bond acceptors (Lipinski definition) is 4. The lowest BCUT2D eigenvalue weighted by Gasteiger charge is -2.03. The molecule has 96 valence electrons. The second kappa shape index (κ2) is 5.00. The average molecular weight is 296 g/mol. The normalized spacial score (nSPS) is 10.3. The van der Waals surface area contributed by atoms with Crippen LogP contribution < -0.4 is 0 Å². The summed E-state index contributed by atoms with van der Waals surface area (Å²) in [5.74, 6) is -0.170. The lowest BCUT2D eigenvalue weighted by Crippen LogP contribution is -2.11. The summed E-state index contributed by atoms with van der Waals surface area (Å²) in [6.07, 6.45) is 0. The van der Waals surface area contributed by atoms with Gasteiger partial charge in [-0.05, 0) is 48.6 Å². The predicted molar refractivity (Wildman–Crippen MR) is 81.5 cm³/mol. The van der Waals surface area contributed by atoms with Crippen LogP contribution in [0.2, 0.25) is 0 Å². The number of hydrogen-bond donors (Lipinski definition) is 0. The van der Waals surface area contributed by atoms with E-state index in [2.05, 4.69) is 0 Å². The Hall–Kier alpha value is -2.29. The highest BCUT2D eigenvalue weighted by atomic mass is 32.1. The second-order valence-electron chi connectivity index (χ2n) is 4.17. The fraction of sp³-hybridized carbons (Fsp3) is 0. The Morgan fingerprint density at radius 1 is 1.15 bits per heavy atom. The van der Waals surface area contributed by atoms with Gasteiger partial charge in [-0.3, -0.25) is 9.36 Å². The first-order valence-electron chi connectivity index (χ1n) is 5.86. The van der Waals surface area contributed by atoms with Crippen molar-refractivity contribution >= 4 is 39.7 Å². The first-order valence-corrected chi connectivity index (χ1v) is 7.08. The van der Waals surface area contributed by atoms with E-state index >= 15 is 0 Å². The van der Waals surface area contributed by atoms with Crippen LogP contribution in [0, 0.1) is 15.3 Å². The van der Waals surface area contributed by atoms with Crippen molar-refractivity contribution in [2.24, 2.45) is 0 Å². The molecule has 0 aliphatic heterocycles. The Kier molecular flexibility index (Phi) is 3.18. The van der Waals surface area contributed by atoms with Gasteiger partial charge in [-0.1, -0.05) is 12.1 Å². The maximum Gasteiger partial charge on any atom is 0.264 e. The fourth-order valence-electron chi connectivity index (χ4n) is 1.98. The molecule has 0 aliphatic carbocycles. The van der Waals surface area contributed by atoms with Crippen LogP contribution in [-0.4, -0.2) is 10.5 Å². The molecule has 2 aromatic carbocycles. The molecule has 0 saturated carbocycles. The third kappa shape index (κ3) is 2.05. The van der Waals surface area contributed by atoms with E-state index < -0.39 is 0 Å². The smallest absolute Gasteiger partial charge is 0.264 e. The standard InChI is InChI=1S/C15H8N2OS2/c16-9-10-5-7-11(8-6-10)14(18)17-12-3-1-2-4-13(12)20-15(17)19/h1-8H. The molecule has 0 atom stereocenters. The molecular formula is C15H8N2OS2. The van der Waals surface area contributed by atoms with Crippen LogP contribution in [0.5, 0.6) is 0 Å². The molecular weight excluding hydrogens is 288 g/mol. The summed E-state index contributed by atoms with van der Waals surface area (Å²) in [6, 6.07) is 16.2. The summed E-state index contributed by atoms with van der Waals surface area (Å²) in [6.45, 7) is 0. The highest BCUT2D eigenvalue weighted by molar-refractivity contribution is 7.73. The Labute approximate surface area is 124 Å². The van der Waals surface area contributed by atoms with Crippen molar-refractivity contribution in [3.8, 4) is 6.07 Å². The zero-order chi connectivity index (χ0) is 14.1. The maximum atomic E-state index is 12.6. The van der Waals surface area contributed by atoms with Gasteiger partial charge in [0.05, 0.1) is 21.8 Å². The van der Waals surface area contributed by atoms with Gasteiger partial charge in [0.15, 0.2) is 3.95 Å². The third-order valence-corrected chi connectivity index (χ3v) is 4.30. The first kappa shape index (κ1) is 12.7. The molecule has 0 spiro atoms. The van der Waals surface area contributed by atoms with Crippen molar-refractivity contribution in [3.05, 3.63) is 63.6 Å². The molecule has 3 aromatic rings. The molecule has 20 heavy (non-hydrogen) atoms. The van der Waals surface area contributed by atoms with E-state index in [4.69, 9.17) is 17.5 Å². The number of carbonyl (C=O) groups is 1. The Morgan fingerprint density at radius 3 is 2.55 bits per heavy atom. The second-order valence-corrected chi connectivity index (χ2v) is 5.84. The van der Waals surface area contributed by atoms with Gasteiger partial charge in [-0.2, -0.15) is 5.26 Å². The number of aromatic nitrogens is 1. The molecule has 1 heterocycles. The third-order valence-electron chi connectivity index (χ3n) is 2.95. The molecule has 1 aromatic heterocycles. The molecule has 0 fully saturated rings. The van der Waals surface area contributed by atoms with E-state index in [1.807, 2.05) is 30.3 Å². The molecule has 5 heteroatoms. The van der Waals surface area contributed by atoms with E-state index in [1.165, 1.54) is 15.9 Å². The van der Waals surface area contributed by atoms with E-state index in [9.17, 15) is 4.79 Å². The molecule has 0 bridgehead atoms. The fourth-order valence-corrected chi connectivity index (χ4v) is 3.30. The van der Waals surface area contributed by atoms with Crippen LogP contribution in [0.1, 0.15) is 15.9 Å². The topological polar surface area (TPSA) is 45.8 Å². The Morgan fingerprint density at radius 2 is 1.85 bits per heavy atom. The number of benzene rings is 2. The van der Waals surface area contributed by atoms with Gasteiger partial charge in [-0.25, -0.2) is 0 Å². The Balaban J connectivity index is 2.15. The van der Waals surface area contributed by atoms with Crippen molar-refractivity contribution in [1.82, 2.24) is 4.57 Å². The quantitative estimate of drug-likeness (QED) is 0.638. The minimum Gasteiger partial charge on any atom is -0.268 e. The Bertz CT molecular complexity index is 898. The number of rotatable bonds is 1. The summed E-state index contributed by atoms with van der Waals surface area (Å²) in [4.78, 5) is 12.6. The molecule has 0 saturated heterocycles. The number of thiazole rings is 1. The van der Waals surface area contributed by atoms with Crippen molar-refractivity contribution < 1.29 is 4.79 Å². The number of fused-ring (bicyclic) bond motifs is 1. The molecule has 0 radical (unpaired) electrons. The molecule has 3 rings (SSSR count). The minimum atomic E-state index is -0.170. The highest BCUT2D eigenvalue weighted by Gasteiger charge is 2.13. The summed E-state index contributed by atoms with van der Waals surface area (Å²) >= 11 is 6.70. The summed E-state index contributed by atoms with van der Waals surface area (Å²) < 4.78 is 3.05. The number of carbonyl (C=O) groups excluding carboxylic acids is 1. The van der Waals surface area contributed by atoms with E-state index in [1.54, 1.807) is 24.3 Å². The minimum absolute atomic E-state index is 0.170. The van der Waals surface area contributed by atoms with Gasteiger partial charge in [0.25, 0.3) is 5.91 Å². The highest BCUT2D eigenvalue weighted by Crippen LogP contribution is 2.23. The maximum absolute atomic E-state index is 12.6. The van der Waals surface area contributed by atoms with Gasteiger partial charge in [0.2, 0.25) is 0 Å². The lowest BCUT2D eigenvalue weighted by molar-refractivity contribution is 0.0964. The first-order chi connectivity index (χ1) is 9.70. The number of nitriles is 1.